The number of nitrogens with two attached hydrogens (primary N) is 1. The number of anilines is 2. The second kappa shape index (κ2) is 5.22. The van der Waals surface area contributed by atoms with Gasteiger partial charge in [-0.05, 0) is 31.6 Å². The first-order valence-electron chi connectivity index (χ1n) is 6.83. The lowest BCUT2D eigenvalue weighted by Gasteiger charge is -2.35. The number of nitrogens with one attached hydrogen (secondary N) is 1. The summed E-state index contributed by atoms with van der Waals surface area (Å²) < 4.78 is 0. The number of nitro groups is 1. The van der Waals surface area contributed by atoms with Gasteiger partial charge in [0, 0.05) is 6.04 Å². The Hall–Kier alpha value is -1.92. The highest BCUT2D eigenvalue weighted by molar-refractivity contribution is 5.60. The molecule has 1 aliphatic rings. The first kappa shape index (κ1) is 14.5. The summed E-state index contributed by atoms with van der Waals surface area (Å²) in [4.78, 5) is 18.6. The third-order valence-electron chi connectivity index (χ3n) is 3.80. The summed E-state index contributed by atoms with van der Waals surface area (Å²) in [6, 6.07) is 0.186. The van der Waals surface area contributed by atoms with Gasteiger partial charge in [0.25, 0.3) is 0 Å². The third-order valence-corrected chi connectivity index (χ3v) is 3.80. The van der Waals surface area contributed by atoms with Gasteiger partial charge < -0.3 is 11.1 Å². The van der Waals surface area contributed by atoms with E-state index < -0.39 is 4.92 Å². The van der Waals surface area contributed by atoms with Crippen LogP contribution in [-0.4, -0.2) is 20.9 Å². The van der Waals surface area contributed by atoms with E-state index in [9.17, 15) is 10.1 Å². The van der Waals surface area contributed by atoms with Gasteiger partial charge in [0.05, 0.1) is 4.92 Å². The first-order chi connectivity index (χ1) is 9.28. The quantitative estimate of drug-likeness (QED) is 0.650. The molecule has 0 amide bonds. The first-order valence-corrected chi connectivity index (χ1v) is 6.83. The number of nitrogen functional groups attached to an aromatic ring is 1. The van der Waals surface area contributed by atoms with E-state index in [1.807, 2.05) is 0 Å². The Kier molecular flexibility index (Phi) is 3.78. The highest BCUT2D eigenvalue weighted by Crippen LogP contribution is 2.37. The average molecular weight is 279 g/mol. The fraction of sp³-hybridized carbons (Fsp3) is 0.692. The molecule has 0 aromatic carbocycles. The van der Waals surface area contributed by atoms with E-state index in [2.05, 4.69) is 29.1 Å². The fourth-order valence-electron chi connectivity index (χ4n) is 2.92. The molecule has 1 saturated carbocycles. The number of aryl methyl sites for hydroxylation is 1. The van der Waals surface area contributed by atoms with Crippen molar-refractivity contribution in [1.82, 2.24) is 9.97 Å². The van der Waals surface area contributed by atoms with Crippen molar-refractivity contribution < 1.29 is 4.92 Å². The Morgan fingerprint density at radius 3 is 2.75 bits per heavy atom. The minimum Gasteiger partial charge on any atom is -0.368 e. The summed E-state index contributed by atoms with van der Waals surface area (Å²) in [5.41, 5.74) is 6.06. The molecule has 3 N–H and O–H groups in total. The largest absolute Gasteiger partial charge is 0.368 e. The maximum absolute atomic E-state index is 11.2. The lowest BCUT2D eigenvalue weighted by atomic mass is 9.75. The van der Waals surface area contributed by atoms with E-state index in [0.717, 1.165) is 19.3 Å². The maximum Gasteiger partial charge on any atom is 0.332 e. The van der Waals surface area contributed by atoms with Gasteiger partial charge in [-0.25, -0.2) is 4.98 Å². The van der Waals surface area contributed by atoms with Gasteiger partial charge in [-0.1, -0.05) is 20.3 Å². The molecule has 1 atom stereocenters. The number of hydrogen-bond acceptors (Lipinski definition) is 6. The zero-order chi connectivity index (χ0) is 14.9. The lowest BCUT2D eigenvalue weighted by molar-refractivity contribution is -0.385. The van der Waals surface area contributed by atoms with Crippen molar-refractivity contribution in [2.24, 2.45) is 5.41 Å². The van der Waals surface area contributed by atoms with Gasteiger partial charge in [0.1, 0.15) is 5.69 Å². The summed E-state index contributed by atoms with van der Waals surface area (Å²) in [5, 5.41) is 14.4. The predicted octanol–water partition coefficient (Wildman–Crippen LogP) is 2.66. The van der Waals surface area contributed by atoms with Crippen LogP contribution in [0.5, 0.6) is 0 Å². The van der Waals surface area contributed by atoms with Gasteiger partial charge in [0.2, 0.25) is 11.8 Å². The number of rotatable bonds is 3. The van der Waals surface area contributed by atoms with Gasteiger partial charge in [-0.2, -0.15) is 4.98 Å². The van der Waals surface area contributed by atoms with Crippen LogP contribution >= 0.6 is 0 Å². The minimum absolute atomic E-state index is 0.0608. The highest BCUT2D eigenvalue weighted by atomic mass is 16.6. The monoisotopic (exact) mass is 279 g/mol. The molecule has 1 aromatic heterocycles. The summed E-state index contributed by atoms with van der Waals surface area (Å²) >= 11 is 0. The lowest BCUT2D eigenvalue weighted by Crippen LogP contribution is -2.32. The Morgan fingerprint density at radius 2 is 2.15 bits per heavy atom. The van der Waals surface area contributed by atoms with E-state index in [4.69, 9.17) is 5.73 Å². The second-order valence-corrected chi connectivity index (χ2v) is 6.22. The van der Waals surface area contributed by atoms with Crippen molar-refractivity contribution in [1.29, 1.82) is 0 Å². The molecule has 0 spiro atoms. The van der Waals surface area contributed by atoms with Crippen molar-refractivity contribution in [3.8, 4) is 0 Å². The Balaban J connectivity index is 2.26. The predicted molar refractivity (Wildman–Crippen MR) is 77.5 cm³/mol. The number of nitrogens with zero attached hydrogens (tertiary/aromatic N) is 3. The van der Waals surface area contributed by atoms with Crippen molar-refractivity contribution in [3.63, 3.8) is 0 Å². The van der Waals surface area contributed by atoms with Crippen LogP contribution in [0.4, 0.5) is 17.5 Å². The second-order valence-electron chi connectivity index (χ2n) is 6.22. The molecule has 2 rings (SSSR count). The molecule has 0 saturated heterocycles. The molecular weight excluding hydrogens is 258 g/mol. The molecule has 7 nitrogen and oxygen atoms in total. The normalized spacial score (nSPS) is 21.4. The minimum atomic E-state index is -0.453. The molecule has 0 radical (unpaired) electrons. The molecule has 1 aliphatic carbocycles. The maximum atomic E-state index is 11.2. The summed E-state index contributed by atoms with van der Waals surface area (Å²) in [6.45, 7) is 6.01. The Labute approximate surface area is 118 Å². The van der Waals surface area contributed by atoms with Crippen molar-refractivity contribution in [2.75, 3.05) is 11.1 Å². The third kappa shape index (κ3) is 3.15. The van der Waals surface area contributed by atoms with Crippen LogP contribution in [0, 0.1) is 22.5 Å². The van der Waals surface area contributed by atoms with Gasteiger partial charge in [-0.3, -0.25) is 10.1 Å². The van der Waals surface area contributed by atoms with E-state index in [-0.39, 0.29) is 28.9 Å². The molecule has 1 heterocycles. The topological polar surface area (TPSA) is 107 Å². The molecule has 1 unspecified atom stereocenters. The molecule has 20 heavy (non-hydrogen) atoms. The molecule has 110 valence electrons. The number of aromatic nitrogens is 2. The zero-order valence-corrected chi connectivity index (χ0v) is 12.1. The zero-order valence-electron chi connectivity index (χ0n) is 12.1. The van der Waals surface area contributed by atoms with E-state index in [0.29, 0.717) is 5.69 Å². The van der Waals surface area contributed by atoms with Crippen LogP contribution in [0.2, 0.25) is 0 Å². The summed E-state index contributed by atoms with van der Waals surface area (Å²) in [7, 11) is 0. The van der Waals surface area contributed by atoms with E-state index in [1.165, 1.54) is 6.42 Å². The van der Waals surface area contributed by atoms with Gasteiger partial charge in [0.15, 0.2) is 0 Å². The van der Waals surface area contributed by atoms with Crippen LogP contribution in [0.3, 0.4) is 0 Å². The molecule has 7 heteroatoms. The van der Waals surface area contributed by atoms with Crippen molar-refractivity contribution in [2.45, 2.75) is 52.5 Å². The molecule has 0 aliphatic heterocycles. The fourth-order valence-corrected chi connectivity index (χ4v) is 2.92. The van der Waals surface area contributed by atoms with E-state index in [1.54, 1.807) is 6.92 Å². The molecule has 1 aromatic rings. The molecule has 0 bridgehead atoms. The van der Waals surface area contributed by atoms with Crippen LogP contribution in [0.1, 0.15) is 45.2 Å². The smallest absolute Gasteiger partial charge is 0.332 e. The van der Waals surface area contributed by atoms with Gasteiger partial charge in [-0.15, -0.1) is 0 Å². The molecular formula is C13H21N5O2. The SMILES string of the molecule is Cc1nc(N)nc(NC2CCCC(C)(C)C2)c1[N+](=O)[O-]. The van der Waals surface area contributed by atoms with Crippen LogP contribution in [0.25, 0.3) is 0 Å². The summed E-state index contributed by atoms with van der Waals surface area (Å²) in [6.07, 6.45) is 4.24. The van der Waals surface area contributed by atoms with Gasteiger partial charge >= 0.3 is 5.69 Å². The highest BCUT2D eigenvalue weighted by Gasteiger charge is 2.30. The van der Waals surface area contributed by atoms with Crippen LogP contribution in [-0.2, 0) is 0 Å². The van der Waals surface area contributed by atoms with Crippen LogP contribution in [0.15, 0.2) is 0 Å². The van der Waals surface area contributed by atoms with Crippen molar-refractivity contribution >= 4 is 17.5 Å². The summed E-state index contributed by atoms with van der Waals surface area (Å²) in [5.74, 6) is 0.299. The van der Waals surface area contributed by atoms with Crippen LogP contribution < -0.4 is 11.1 Å². The number of hydrogen-bond donors (Lipinski definition) is 2. The average Bonchev–Trinajstić information content (AvgIpc) is 2.25. The Bertz CT molecular complexity index is 530. The molecule has 1 fully saturated rings. The standard InChI is InChI=1S/C13H21N5O2/c1-8-10(18(19)20)11(17-12(14)15-8)16-9-5-4-6-13(2,3)7-9/h9H,4-7H2,1-3H3,(H3,14,15,16,17). The van der Waals surface area contributed by atoms with Crippen molar-refractivity contribution in [3.05, 3.63) is 15.8 Å². The Morgan fingerprint density at radius 1 is 1.45 bits per heavy atom. The van der Waals surface area contributed by atoms with E-state index >= 15 is 0 Å².